The van der Waals surface area contributed by atoms with Crippen LogP contribution >= 0.6 is 22.7 Å². The van der Waals surface area contributed by atoms with Gasteiger partial charge in [-0.15, -0.1) is 21.5 Å². The predicted octanol–water partition coefficient (Wildman–Crippen LogP) is 3.85. The molecule has 0 aliphatic rings. The molecule has 0 aliphatic heterocycles. The van der Waals surface area contributed by atoms with E-state index < -0.39 is 0 Å². The van der Waals surface area contributed by atoms with Crippen LogP contribution in [0.4, 0.5) is 5.13 Å². The Balaban J connectivity index is 2.33. The second kappa shape index (κ2) is 6.43. The first-order valence-electron chi connectivity index (χ1n) is 6.64. The van der Waals surface area contributed by atoms with Gasteiger partial charge in [0.1, 0.15) is 0 Å². The molecule has 0 amide bonds. The van der Waals surface area contributed by atoms with Crippen molar-refractivity contribution >= 4 is 27.8 Å². The average Bonchev–Trinajstić information content (AvgIpc) is 2.95. The number of aryl methyl sites for hydroxylation is 1. The molecule has 0 atom stereocenters. The molecule has 0 saturated heterocycles. The van der Waals surface area contributed by atoms with E-state index in [1.54, 1.807) is 22.7 Å². The molecule has 2 aromatic heterocycles. The summed E-state index contributed by atoms with van der Waals surface area (Å²) in [6.07, 6.45) is 3.16. The molecule has 0 bridgehead atoms. The van der Waals surface area contributed by atoms with Crippen molar-refractivity contribution in [2.75, 3.05) is 12.4 Å². The summed E-state index contributed by atoms with van der Waals surface area (Å²) in [7, 11) is 1.87. The van der Waals surface area contributed by atoms with Crippen LogP contribution in [0.15, 0.2) is 0 Å². The third kappa shape index (κ3) is 3.51. The van der Waals surface area contributed by atoms with Crippen molar-refractivity contribution in [2.24, 2.45) is 5.92 Å². The normalized spacial score (nSPS) is 11.2. The maximum absolute atomic E-state index is 4.79. The lowest BCUT2D eigenvalue weighted by Crippen LogP contribution is -1.94. The first-order valence-corrected chi connectivity index (χ1v) is 8.27. The maximum atomic E-state index is 4.79. The molecule has 104 valence electrons. The van der Waals surface area contributed by atoms with E-state index in [1.165, 1.54) is 15.6 Å². The van der Waals surface area contributed by atoms with Gasteiger partial charge in [-0.25, -0.2) is 4.98 Å². The molecular weight excluding hydrogens is 276 g/mol. The van der Waals surface area contributed by atoms with Crippen molar-refractivity contribution in [3.05, 3.63) is 10.7 Å². The Morgan fingerprint density at radius 3 is 2.58 bits per heavy atom. The summed E-state index contributed by atoms with van der Waals surface area (Å²) in [6.45, 7) is 6.64. The molecule has 0 unspecified atom stereocenters. The highest BCUT2D eigenvalue weighted by atomic mass is 32.1. The van der Waals surface area contributed by atoms with E-state index in [4.69, 9.17) is 4.98 Å². The summed E-state index contributed by atoms with van der Waals surface area (Å²) >= 11 is 3.37. The lowest BCUT2D eigenvalue weighted by molar-refractivity contribution is 0.642. The Hall–Kier alpha value is -1.01. The van der Waals surface area contributed by atoms with Gasteiger partial charge in [-0.3, -0.25) is 0 Å². The summed E-state index contributed by atoms with van der Waals surface area (Å²) in [4.78, 5) is 5.99. The topological polar surface area (TPSA) is 50.7 Å². The van der Waals surface area contributed by atoms with Crippen LogP contribution in [-0.4, -0.2) is 22.2 Å². The highest BCUT2D eigenvalue weighted by Crippen LogP contribution is 2.35. The van der Waals surface area contributed by atoms with Gasteiger partial charge in [-0.1, -0.05) is 38.5 Å². The van der Waals surface area contributed by atoms with Gasteiger partial charge in [-0.05, 0) is 12.3 Å². The van der Waals surface area contributed by atoms with E-state index in [-0.39, 0.29) is 0 Å². The first-order chi connectivity index (χ1) is 9.13. The molecule has 2 rings (SSSR count). The molecule has 2 aromatic rings. The first kappa shape index (κ1) is 14.4. The van der Waals surface area contributed by atoms with Crippen molar-refractivity contribution in [3.63, 3.8) is 0 Å². The number of hydrogen-bond acceptors (Lipinski definition) is 6. The second-order valence-electron chi connectivity index (χ2n) is 4.89. The minimum Gasteiger partial charge on any atom is -0.363 e. The summed E-state index contributed by atoms with van der Waals surface area (Å²) in [5.41, 5.74) is 1.18. The maximum Gasteiger partial charge on any atom is 0.205 e. The van der Waals surface area contributed by atoms with Crippen LogP contribution in [0.2, 0.25) is 0 Å². The number of aromatic nitrogens is 3. The molecule has 0 saturated carbocycles. The molecule has 0 spiro atoms. The number of anilines is 1. The van der Waals surface area contributed by atoms with Gasteiger partial charge >= 0.3 is 0 Å². The summed E-state index contributed by atoms with van der Waals surface area (Å²) in [5.74, 6) is 0.635. The fourth-order valence-corrected chi connectivity index (χ4v) is 3.94. The van der Waals surface area contributed by atoms with Gasteiger partial charge in [0, 0.05) is 13.5 Å². The SMILES string of the molecule is CCCc1nc(CC(C)C)sc1-c1nnc(NC)s1. The largest absolute Gasteiger partial charge is 0.363 e. The van der Waals surface area contributed by atoms with Gasteiger partial charge in [0.15, 0.2) is 5.01 Å². The predicted molar refractivity (Wildman–Crippen MR) is 83.1 cm³/mol. The number of nitrogens with one attached hydrogen (secondary N) is 1. The number of nitrogens with zero attached hydrogens (tertiary/aromatic N) is 3. The molecule has 0 radical (unpaired) electrons. The quantitative estimate of drug-likeness (QED) is 0.879. The highest BCUT2D eigenvalue weighted by molar-refractivity contribution is 7.23. The van der Waals surface area contributed by atoms with Crippen molar-refractivity contribution in [1.82, 2.24) is 15.2 Å². The third-order valence-electron chi connectivity index (χ3n) is 2.64. The molecule has 19 heavy (non-hydrogen) atoms. The van der Waals surface area contributed by atoms with E-state index in [0.717, 1.165) is 29.4 Å². The molecular formula is C13H20N4S2. The summed E-state index contributed by atoms with van der Waals surface area (Å²) in [5, 5.41) is 14.5. The van der Waals surface area contributed by atoms with Crippen LogP contribution in [0, 0.1) is 5.92 Å². The Morgan fingerprint density at radius 1 is 1.21 bits per heavy atom. The summed E-state index contributed by atoms with van der Waals surface area (Å²) in [6, 6.07) is 0. The van der Waals surface area contributed by atoms with Crippen LogP contribution in [0.25, 0.3) is 9.88 Å². The molecule has 1 N–H and O–H groups in total. The Kier molecular flexibility index (Phi) is 4.87. The van der Waals surface area contributed by atoms with E-state index in [9.17, 15) is 0 Å². The van der Waals surface area contributed by atoms with Crippen LogP contribution in [0.3, 0.4) is 0 Å². The molecule has 0 aromatic carbocycles. The Morgan fingerprint density at radius 2 is 2.00 bits per heavy atom. The lowest BCUT2D eigenvalue weighted by atomic mass is 10.1. The van der Waals surface area contributed by atoms with Crippen molar-refractivity contribution in [1.29, 1.82) is 0 Å². The standard InChI is InChI=1S/C13H20N4S2/c1-5-6-9-11(12-16-17-13(14-4)19-12)18-10(15-9)7-8(2)3/h8H,5-7H2,1-4H3,(H,14,17). The second-order valence-corrected chi connectivity index (χ2v) is 6.95. The van der Waals surface area contributed by atoms with Gasteiger partial charge in [0.05, 0.1) is 15.6 Å². The molecule has 4 nitrogen and oxygen atoms in total. The number of hydrogen-bond donors (Lipinski definition) is 1. The highest BCUT2D eigenvalue weighted by Gasteiger charge is 2.17. The van der Waals surface area contributed by atoms with Crippen LogP contribution in [-0.2, 0) is 12.8 Å². The zero-order chi connectivity index (χ0) is 13.8. The van der Waals surface area contributed by atoms with Gasteiger partial charge in [0.25, 0.3) is 0 Å². The molecule has 2 heterocycles. The minimum absolute atomic E-state index is 0.635. The van der Waals surface area contributed by atoms with Crippen molar-refractivity contribution in [3.8, 4) is 9.88 Å². The molecule has 0 fully saturated rings. The average molecular weight is 296 g/mol. The monoisotopic (exact) mass is 296 g/mol. The van der Waals surface area contributed by atoms with Crippen LogP contribution < -0.4 is 5.32 Å². The molecule has 6 heteroatoms. The lowest BCUT2D eigenvalue weighted by Gasteiger charge is -1.98. The number of rotatable bonds is 6. The van der Waals surface area contributed by atoms with Crippen LogP contribution in [0.5, 0.6) is 0 Å². The number of thiazole rings is 1. The van der Waals surface area contributed by atoms with Crippen LogP contribution in [0.1, 0.15) is 37.9 Å². The van der Waals surface area contributed by atoms with Gasteiger partial charge < -0.3 is 5.32 Å². The third-order valence-corrected chi connectivity index (χ3v) is 4.86. The fraction of sp³-hybridized carbons (Fsp3) is 0.615. The van der Waals surface area contributed by atoms with Crippen molar-refractivity contribution < 1.29 is 0 Å². The fourth-order valence-electron chi connectivity index (χ4n) is 1.83. The minimum atomic E-state index is 0.635. The van der Waals surface area contributed by atoms with Crippen molar-refractivity contribution in [2.45, 2.75) is 40.0 Å². The zero-order valence-corrected chi connectivity index (χ0v) is 13.5. The van der Waals surface area contributed by atoms with Gasteiger partial charge in [-0.2, -0.15) is 0 Å². The molecule has 0 aliphatic carbocycles. The Bertz CT molecular complexity index is 530. The van der Waals surface area contributed by atoms with E-state index in [2.05, 4.69) is 36.3 Å². The van der Waals surface area contributed by atoms with Gasteiger partial charge in [0.2, 0.25) is 5.13 Å². The van der Waals surface area contributed by atoms with E-state index in [0.29, 0.717) is 5.92 Å². The Labute approximate surface area is 122 Å². The van der Waals surface area contributed by atoms with E-state index >= 15 is 0 Å². The van der Waals surface area contributed by atoms with E-state index in [1.807, 2.05) is 7.05 Å². The smallest absolute Gasteiger partial charge is 0.205 e. The summed E-state index contributed by atoms with van der Waals surface area (Å²) < 4.78 is 0. The zero-order valence-electron chi connectivity index (χ0n) is 11.9.